The molecule has 0 bridgehead atoms. The van der Waals surface area contributed by atoms with Crippen LogP contribution < -0.4 is 0 Å². The molecule has 0 aliphatic carbocycles. The van der Waals surface area contributed by atoms with Gasteiger partial charge in [-0.15, -0.1) is 0 Å². The quantitative estimate of drug-likeness (QED) is 0.813. The predicted molar refractivity (Wildman–Crippen MR) is 66.2 cm³/mol. The zero-order valence-electron chi connectivity index (χ0n) is 8.66. The van der Waals surface area contributed by atoms with Crippen molar-refractivity contribution in [3.05, 3.63) is 34.6 Å². The van der Waals surface area contributed by atoms with Gasteiger partial charge in [-0.25, -0.2) is 0 Å². The van der Waals surface area contributed by atoms with Gasteiger partial charge in [-0.3, -0.25) is 9.78 Å². The molecule has 0 atom stereocenters. The third-order valence-corrected chi connectivity index (χ3v) is 2.72. The molecule has 1 aromatic rings. The molecule has 0 aliphatic rings. The van der Waals surface area contributed by atoms with E-state index in [1.807, 2.05) is 25.1 Å². The smallest absolute Gasteiger partial charge is 0.186 e. The molecule has 0 fully saturated rings. The summed E-state index contributed by atoms with van der Waals surface area (Å²) in [6.07, 6.45) is 5.45. The normalized spacial score (nSPS) is 10.9. The maximum atomic E-state index is 10.7. The molecule has 15 heavy (non-hydrogen) atoms. The van der Waals surface area contributed by atoms with Gasteiger partial charge in [0.25, 0.3) is 0 Å². The van der Waals surface area contributed by atoms with Gasteiger partial charge in [0, 0.05) is 18.9 Å². The van der Waals surface area contributed by atoms with Gasteiger partial charge in [0.1, 0.15) is 0 Å². The average molecular weight is 242 g/mol. The molecule has 4 heteroatoms. The van der Waals surface area contributed by atoms with Crippen molar-refractivity contribution in [3.63, 3.8) is 0 Å². The van der Waals surface area contributed by atoms with Crippen LogP contribution in [0.2, 0.25) is 5.02 Å². The lowest BCUT2D eigenvalue weighted by Gasteiger charge is -1.98. The Balaban J connectivity index is 2.60. The molecular weight excluding hydrogens is 230 g/mol. The fourth-order valence-electron chi connectivity index (χ4n) is 1.05. The molecule has 0 saturated heterocycles. The number of aromatic nitrogens is 1. The van der Waals surface area contributed by atoms with E-state index in [0.29, 0.717) is 10.8 Å². The molecule has 80 valence electrons. The van der Waals surface area contributed by atoms with E-state index in [9.17, 15) is 4.79 Å². The van der Waals surface area contributed by atoms with Crippen LogP contribution in [0.15, 0.2) is 18.3 Å². The van der Waals surface area contributed by atoms with E-state index in [2.05, 4.69) is 4.98 Å². The second-order valence-corrected chi connectivity index (χ2v) is 4.69. The van der Waals surface area contributed by atoms with Crippen LogP contribution in [-0.4, -0.2) is 15.9 Å². The Labute approximate surface area is 98.7 Å². The van der Waals surface area contributed by atoms with Crippen molar-refractivity contribution in [3.8, 4) is 0 Å². The Morgan fingerprint density at radius 2 is 2.40 bits per heavy atom. The van der Waals surface area contributed by atoms with E-state index in [-0.39, 0.29) is 5.12 Å². The number of hydrogen-bond acceptors (Lipinski definition) is 3. The molecule has 0 radical (unpaired) electrons. The number of thioether (sulfide) groups is 1. The third kappa shape index (κ3) is 4.49. The molecule has 0 N–H and O–H groups in total. The van der Waals surface area contributed by atoms with Crippen molar-refractivity contribution in [1.82, 2.24) is 4.98 Å². The van der Waals surface area contributed by atoms with Gasteiger partial charge in [0.2, 0.25) is 0 Å². The molecule has 0 amide bonds. The Morgan fingerprint density at radius 1 is 1.67 bits per heavy atom. The van der Waals surface area contributed by atoms with Crippen molar-refractivity contribution < 1.29 is 4.79 Å². The highest BCUT2D eigenvalue weighted by molar-refractivity contribution is 8.13. The van der Waals surface area contributed by atoms with E-state index >= 15 is 0 Å². The number of pyridine rings is 1. The monoisotopic (exact) mass is 241 g/mol. The van der Waals surface area contributed by atoms with Crippen molar-refractivity contribution in [2.24, 2.45) is 0 Å². The molecule has 0 saturated carbocycles. The zero-order valence-corrected chi connectivity index (χ0v) is 10.2. The van der Waals surface area contributed by atoms with Crippen LogP contribution in [0.25, 0.3) is 6.08 Å². The number of nitrogens with zero attached hydrogens (tertiary/aromatic N) is 1. The second-order valence-electron chi connectivity index (χ2n) is 3.06. The van der Waals surface area contributed by atoms with Crippen LogP contribution in [-0.2, 0) is 4.79 Å². The minimum Gasteiger partial charge on any atom is -0.288 e. The first kappa shape index (κ1) is 12.3. The van der Waals surface area contributed by atoms with E-state index in [0.717, 1.165) is 11.3 Å². The highest BCUT2D eigenvalue weighted by Crippen LogP contribution is 2.13. The van der Waals surface area contributed by atoms with Crippen LogP contribution in [0.5, 0.6) is 0 Å². The lowest BCUT2D eigenvalue weighted by Crippen LogP contribution is -1.86. The lowest BCUT2D eigenvalue weighted by molar-refractivity contribution is -0.109. The summed E-state index contributed by atoms with van der Waals surface area (Å²) in [5.41, 5.74) is 1.93. The van der Waals surface area contributed by atoms with E-state index in [1.54, 1.807) is 13.1 Å². The summed E-state index contributed by atoms with van der Waals surface area (Å²) >= 11 is 7.06. The molecule has 0 aromatic carbocycles. The van der Waals surface area contributed by atoms with Crippen molar-refractivity contribution in [2.45, 2.75) is 13.8 Å². The molecule has 0 aliphatic heterocycles. The summed E-state index contributed by atoms with van der Waals surface area (Å²) in [4.78, 5) is 14.8. The van der Waals surface area contributed by atoms with Gasteiger partial charge in [-0.05, 0) is 24.6 Å². The van der Waals surface area contributed by atoms with Crippen LogP contribution in [0.3, 0.4) is 0 Å². The summed E-state index contributed by atoms with van der Waals surface area (Å²) < 4.78 is 0. The molecular formula is C11H12ClNOS. The van der Waals surface area contributed by atoms with Gasteiger partial charge in [-0.2, -0.15) is 0 Å². The van der Waals surface area contributed by atoms with Crippen molar-refractivity contribution >= 4 is 34.6 Å². The van der Waals surface area contributed by atoms with Gasteiger partial charge in [0.05, 0.1) is 10.7 Å². The number of aryl methyl sites for hydroxylation is 1. The lowest BCUT2D eigenvalue weighted by atomic mass is 10.2. The van der Waals surface area contributed by atoms with Gasteiger partial charge < -0.3 is 0 Å². The summed E-state index contributed by atoms with van der Waals surface area (Å²) in [6.45, 7) is 3.51. The van der Waals surface area contributed by atoms with Crippen LogP contribution in [0, 0.1) is 6.92 Å². The second kappa shape index (κ2) is 5.93. The SMILES string of the molecule is CC(=O)SCC=Cc1ncc(Cl)cc1C. The van der Waals surface area contributed by atoms with Crippen LogP contribution >= 0.6 is 23.4 Å². The van der Waals surface area contributed by atoms with Gasteiger partial charge >= 0.3 is 0 Å². The number of hydrogen-bond donors (Lipinski definition) is 0. The van der Waals surface area contributed by atoms with Gasteiger partial charge in [0.15, 0.2) is 5.12 Å². The Hall–Kier alpha value is -0.800. The standard InChI is InChI=1S/C11H12ClNOS/c1-8-6-10(12)7-13-11(8)4-3-5-15-9(2)14/h3-4,6-7H,5H2,1-2H3. The summed E-state index contributed by atoms with van der Waals surface area (Å²) in [6, 6.07) is 1.87. The van der Waals surface area contributed by atoms with Gasteiger partial charge in [-0.1, -0.05) is 29.4 Å². The largest absolute Gasteiger partial charge is 0.288 e. The Kier molecular flexibility index (Phi) is 4.85. The molecule has 0 unspecified atom stereocenters. The maximum Gasteiger partial charge on any atom is 0.186 e. The first-order valence-corrected chi connectivity index (χ1v) is 5.88. The fraction of sp³-hybridized carbons (Fsp3) is 0.273. The Bertz CT molecular complexity index is 390. The zero-order chi connectivity index (χ0) is 11.3. The number of halogens is 1. The third-order valence-electron chi connectivity index (χ3n) is 1.74. The minimum absolute atomic E-state index is 0.125. The fourth-order valence-corrected chi connectivity index (χ4v) is 1.69. The topological polar surface area (TPSA) is 30.0 Å². The summed E-state index contributed by atoms with van der Waals surface area (Å²) in [5.74, 6) is 0.680. The highest BCUT2D eigenvalue weighted by Gasteiger charge is 1.96. The maximum absolute atomic E-state index is 10.7. The molecule has 2 nitrogen and oxygen atoms in total. The minimum atomic E-state index is 0.125. The van der Waals surface area contributed by atoms with Crippen molar-refractivity contribution in [1.29, 1.82) is 0 Å². The molecule has 1 aromatic heterocycles. The van der Waals surface area contributed by atoms with E-state index < -0.39 is 0 Å². The number of carbonyl (C=O) groups is 1. The molecule has 1 rings (SSSR count). The van der Waals surface area contributed by atoms with Crippen LogP contribution in [0.4, 0.5) is 0 Å². The average Bonchev–Trinajstić information content (AvgIpc) is 2.14. The summed E-state index contributed by atoms with van der Waals surface area (Å²) in [7, 11) is 0. The molecule has 0 spiro atoms. The number of carbonyl (C=O) groups excluding carboxylic acids is 1. The molecule has 1 heterocycles. The first-order valence-electron chi connectivity index (χ1n) is 4.51. The van der Waals surface area contributed by atoms with E-state index in [4.69, 9.17) is 11.6 Å². The summed E-state index contributed by atoms with van der Waals surface area (Å²) in [5, 5.41) is 0.767. The number of rotatable bonds is 3. The van der Waals surface area contributed by atoms with E-state index in [1.165, 1.54) is 11.8 Å². The van der Waals surface area contributed by atoms with Crippen molar-refractivity contribution in [2.75, 3.05) is 5.75 Å². The first-order chi connectivity index (χ1) is 7.09. The highest BCUT2D eigenvalue weighted by atomic mass is 35.5. The van der Waals surface area contributed by atoms with Crippen LogP contribution in [0.1, 0.15) is 18.2 Å². The Morgan fingerprint density at radius 3 is 3.00 bits per heavy atom. The predicted octanol–water partition coefficient (Wildman–Crippen LogP) is 3.34.